The number of hydrogen-bond donors (Lipinski definition) is 1. The van der Waals surface area contributed by atoms with Gasteiger partial charge in [0, 0.05) is 11.6 Å². The number of nitrogens with one attached hydrogen (secondary N) is 1. The van der Waals surface area contributed by atoms with E-state index in [2.05, 4.69) is 26.0 Å². The Kier molecular flexibility index (Phi) is 5.29. The van der Waals surface area contributed by atoms with Crippen molar-refractivity contribution in [2.75, 3.05) is 11.9 Å². The fourth-order valence-corrected chi connectivity index (χ4v) is 2.69. The summed E-state index contributed by atoms with van der Waals surface area (Å²) < 4.78 is 11.6. The molecule has 4 rings (SSSR count). The van der Waals surface area contributed by atoms with E-state index in [1.807, 2.05) is 31.2 Å². The number of amides is 1. The lowest BCUT2D eigenvalue weighted by atomic mass is 10.1. The standard InChI is InChI=1S/C20H16N6O4/c1-13-6-8-14(9-7-13)16-10-19(30-23-16)22-18(27)11-29-20(28)15-4-2-3-5-17(15)26-12-21-24-25-26/h2-10,12H,11H2,1H3,(H,22,27). The number of anilines is 1. The molecule has 150 valence electrons. The van der Waals surface area contributed by atoms with E-state index in [0.717, 1.165) is 11.1 Å². The van der Waals surface area contributed by atoms with Gasteiger partial charge in [0.25, 0.3) is 5.91 Å². The van der Waals surface area contributed by atoms with Crippen molar-refractivity contribution >= 4 is 17.8 Å². The lowest BCUT2D eigenvalue weighted by Crippen LogP contribution is -2.21. The van der Waals surface area contributed by atoms with Gasteiger partial charge in [0.1, 0.15) is 12.0 Å². The summed E-state index contributed by atoms with van der Waals surface area (Å²) in [5, 5.41) is 17.3. The number of tetrazole rings is 1. The van der Waals surface area contributed by atoms with E-state index in [4.69, 9.17) is 9.26 Å². The minimum atomic E-state index is -0.686. The largest absolute Gasteiger partial charge is 0.452 e. The summed E-state index contributed by atoms with van der Waals surface area (Å²) in [7, 11) is 0. The second kappa shape index (κ2) is 8.35. The molecule has 0 radical (unpaired) electrons. The molecule has 30 heavy (non-hydrogen) atoms. The van der Waals surface area contributed by atoms with Gasteiger partial charge < -0.3 is 9.26 Å². The van der Waals surface area contributed by atoms with Gasteiger partial charge in [-0.2, -0.15) is 4.68 Å². The fraction of sp³-hybridized carbons (Fsp3) is 0.100. The van der Waals surface area contributed by atoms with Gasteiger partial charge in [0.2, 0.25) is 5.88 Å². The molecule has 0 saturated heterocycles. The van der Waals surface area contributed by atoms with Gasteiger partial charge >= 0.3 is 5.97 Å². The van der Waals surface area contributed by atoms with Crippen LogP contribution in [0.4, 0.5) is 5.88 Å². The summed E-state index contributed by atoms with van der Waals surface area (Å²) in [4.78, 5) is 24.6. The number of rotatable bonds is 6. The summed E-state index contributed by atoms with van der Waals surface area (Å²) in [5.41, 5.74) is 3.22. The first-order valence-electron chi connectivity index (χ1n) is 8.93. The Bertz CT molecular complexity index is 1170. The molecule has 1 amide bonds. The molecule has 2 aromatic heterocycles. The van der Waals surface area contributed by atoms with Crippen molar-refractivity contribution in [1.82, 2.24) is 25.4 Å². The Labute approximate surface area is 170 Å². The van der Waals surface area contributed by atoms with Crippen LogP contribution in [0.15, 0.2) is 65.4 Å². The summed E-state index contributed by atoms with van der Waals surface area (Å²) in [5.74, 6) is -1.09. The molecule has 0 bridgehead atoms. The molecule has 0 atom stereocenters. The van der Waals surface area contributed by atoms with Crippen molar-refractivity contribution in [2.45, 2.75) is 6.92 Å². The second-order valence-corrected chi connectivity index (χ2v) is 6.34. The smallest absolute Gasteiger partial charge is 0.340 e. The zero-order valence-corrected chi connectivity index (χ0v) is 15.8. The number of hydrogen-bond acceptors (Lipinski definition) is 8. The third-order valence-corrected chi connectivity index (χ3v) is 4.17. The van der Waals surface area contributed by atoms with E-state index in [-0.39, 0.29) is 11.4 Å². The van der Waals surface area contributed by atoms with Crippen LogP contribution in [0.1, 0.15) is 15.9 Å². The molecule has 1 N–H and O–H groups in total. The van der Waals surface area contributed by atoms with Gasteiger partial charge in [0.05, 0.1) is 11.3 Å². The van der Waals surface area contributed by atoms with Crippen molar-refractivity contribution in [3.63, 3.8) is 0 Å². The van der Waals surface area contributed by atoms with E-state index in [1.165, 1.54) is 11.0 Å². The number of para-hydroxylation sites is 1. The first-order valence-corrected chi connectivity index (χ1v) is 8.93. The highest BCUT2D eigenvalue weighted by molar-refractivity contribution is 5.97. The van der Waals surface area contributed by atoms with Gasteiger partial charge in [0.15, 0.2) is 6.61 Å². The number of aromatic nitrogens is 5. The van der Waals surface area contributed by atoms with Crippen molar-refractivity contribution < 1.29 is 18.8 Å². The highest BCUT2D eigenvalue weighted by atomic mass is 16.5. The van der Waals surface area contributed by atoms with Crippen molar-refractivity contribution in [3.8, 4) is 16.9 Å². The average molecular weight is 404 g/mol. The normalized spacial score (nSPS) is 10.6. The number of benzene rings is 2. The van der Waals surface area contributed by atoms with Crippen LogP contribution < -0.4 is 5.32 Å². The van der Waals surface area contributed by atoms with Crippen LogP contribution in [-0.4, -0.2) is 43.8 Å². The van der Waals surface area contributed by atoms with Crippen LogP contribution in [0, 0.1) is 6.92 Å². The predicted octanol–water partition coefficient (Wildman–Crippen LogP) is 2.42. The lowest BCUT2D eigenvalue weighted by molar-refractivity contribution is -0.119. The number of carbonyl (C=O) groups is 2. The van der Waals surface area contributed by atoms with Crippen LogP contribution in [0.25, 0.3) is 16.9 Å². The van der Waals surface area contributed by atoms with Gasteiger partial charge in [-0.3, -0.25) is 10.1 Å². The molecule has 10 nitrogen and oxygen atoms in total. The fourth-order valence-electron chi connectivity index (χ4n) is 2.69. The minimum Gasteiger partial charge on any atom is -0.452 e. The van der Waals surface area contributed by atoms with E-state index < -0.39 is 18.5 Å². The number of nitrogens with zero attached hydrogens (tertiary/aromatic N) is 5. The molecular formula is C20H16N6O4. The monoisotopic (exact) mass is 404 g/mol. The third-order valence-electron chi connectivity index (χ3n) is 4.17. The Morgan fingerprint density at radius 1 is 1.13 bits per heavy atom. The summed E-state index contributed by atoms with van der Waals surface area (Å²) in [6.45, 7) is 1.49. The Balaban J connectivity index is 1.37. The first-order chi connectivity index (χ1) is 14.6. The van der Waals surface area contributed by atoms with Crippen LogP contribution >= 0.6 is 0 Å². The van der Waals surface area contributed by atoms with Gasteiger partial charge in [-0.1, -0.05) is 47.1 Å². The minimum absolute atomic E-state index is 0.153. The number of carbonyl (C=O) groups excluding carboxylic acids is 2. The van der Waals surface area contributed by atoms with Gasteiger partial charge in [-0.15, -0.1) is 5.10 Å². The van der Waals surface area contributed by atoms with Crippen LogP contribution in [0.2, 0.25) is 0 Å². The summed E-state index contributed by atoms with van der Waals surface area (Å²) in [6, 6.07) is 15.9. The Morgan fingerprint density at radius 2 is 1.93 bits per heavy atom. The highest BCUT2D eigenvalue weighted by Gasteiger charge is 2.17. The molecular weight excluding hydrogens is 388 g/mol. The zero-order chi connectivity index (χ0) is 20.9. The van der Waals surface area contributed by atoms with Crippen molar-refractivity contribution in [1.29, 1.82) is 0 Å². The summed E-state index contributed by atoms with van der Waals surface area (Å²) >= 11 is 0. The summed E-state index contributed by atoms with van der Waals surface area (Å²) in [6.07, 6.45) is 1.36. The molecule has 0 aliphatic rings. The maximum atomic E-state index is 12.4. The molecule has 0 unspecified atom stereocenters. The Hall–Kier alpha value is -4.34. The SMILES string of the molecule is Cc1ccc(-c2cc(NC(=O)COC(=O)c3ccccc3-n3cnnn3)on2)cc1. The molecule has 0 saturated carbocycles. The first kappa shape index (κ1) is 19.0. The molecule has 0 fully saturated rings. The highest BCUT2D eigenvalue weighted by Crippen LogP contribution is 2.22. The van der Waals surface area contributed by atoms with Crippen LogP contribution in [0.3, 0.4) is 0 Å². The quantitative estimate of drug-likeness (QED) is 0.486. The van der Waals surface area contributed by atoms with E-state index in [1.54, 1.807) is 30.3 Å². The number of aryl methyl sites for hydroxylation is 1. The number of esters is 1. The van der Waals surface area contributed by atoms with Crippen molar-refractivity contribution in [3.05, 3.63) is 72.1 Å². The average Bonchev–Trinajstić information content (AvgIpc) is 3.45. The third kappa shape index (κ3) is 4.22. The molecule has 0 spiro atoms. The maximum Gasteiger partial charge on any atom is 0.340 e. The van der Waals surface area contributed by atoms with Crippen LogP contribution in [-0.2, 0) is 9.53 Å². The Morgan fingerprint density at radius 3 is 2.70 bits per heavy atom. The molecule has 4 aromatic rings. The van der Waals surface area contributed by atoms with E-state index >= 15 is 0 Å². The van der Waals surface area contributed by atoms with Crippen molar-refractivity contribution in [2.24, 2.45) is 0 Å². The molecule has 2 aromatic carbocycles. The van der Waals surface area contributed by atoms with Gasteiger partial charge in [-0.25, -0.2) is 4.79 Å². The maximum absolute atomic E-state index is 12.4. The van der Waals surface area contributed by atoms with E-state index in [0.29, 0.717) is 11.4 Å². The topological polar surface area (TPSA) is 125 Å². The van der Waals surface area contributed by atoms with Crippen LogP contribution in [0.5, 0.6) is 0 Å². The molecule has 10 heteroatoms. The molecule has 0 aliphatic heterocycles. The van der Waals surface area contributed by atoms with E-state index in [9.17, 15) is 9.59 Å². The predicted molar refractivity (Wildman–Crippen MR) is 105 cm³/mol. The number of ether oxygens (including phenoxy) is 1. The lowest BCUT2D eigenvalue weighted by Gasteiger charge is -2.08. The zero-order valence-electron chi connectivity index (χ0n) is 15.8. The second-order valence-electron chi connectivity index (χ2n) is 6.34. The molecule has 2 heterocycles. The molecule has 0 aliphatic carbocycles. The van der Waals surface area contributed by atoms with Gasteiger partial charge in [-0.05, 0) is 29.5 Å².